The van der Waals surface area contributed by atoms with Crippen LogP contribution in [-0.4, -0.2) is 29.6 Å². The Morgan fingerprint density at radius 3 is 2.38 bits per heavy atom. The van der Waals surface area contributed by atoms with Gasteiger partial charge in [0.25, 0.3) is 0 Å². The number of rotatable bonds is 4. The molecule has 0 aliphatic heterocycles. The lowest BCUT2D eigenvalue weighted by atomic mass is 10.0. The molecular formula is C14H28N2. The molecule has 2 saturated carbocycles. The predicted octanol–water partition coefficient (Wildman–Crippen LogP) is 2.77. The van der Waals surface area contributed by atoms with Crippen LogP contribution in [0.5, 0.6) is 0 Å². The summed E-state index contributed by atoms with van der Waals surface area (Å²) < 4.78 is 0. The van der Waals surface area contributed by atoms with Gasteiger partial charge in [0.05, 0.1) is 0 Å². The molecule has 2 atom stereocenters. The molecule has 0 bridgehead atoms. The maximum atomic E-state index is 6.38. The van der Waals surface area contributed by atoms with Crippen molar-refractivity contribution in [2.24, 2.45) is 11.7 Å². The van der Waals surface area contributed by atoms with E-state index >= 15 is 0 Å². The molecule has 0 aromatic heterocycles. The van der Waals surface area contributed by atoms with Gasteiger partial charge in [0.2, 0.25) is 0 Å². The van der Waals surface area contributed by atoms with E-state index in [0.29, 0.717) is 12.1 Å². The highest BCUT2D eigenvalue weighted by atomic mass is 15.2. The zero-order chi connectivity index (χ0) is 11.5. The normalized spacial score (nSPS) is 32.1. The highest BCUT2D eigenvalue weighted by molar-refractivity contribution is 4.93. The zero-order valence-electron chi connectivity index (χ0n) is 11.0. The van der Waals surface area contributed by atoms with Crippen LogP contribution in [0.3, 0.4) is 0 Å². The third-order valence-corrected chi connectivity index (χ3v) is 4.05. The van der Waals surface area contributed by atoms with Gasteiger partial charge in [-0.05, 0) is 31.6 Å². The average molecular weight is 224 g/mol. The minimum atomic E-state index is 0.432. The Kier molecular flexibility index (Phi) is 4.26. The van der Waals surface area contributed by atoms with Crippen molar-refractivity contribution in [3.05, 3.63) is 0 Å². The van der Waals surface area contributed by atoms with E-state index in [1.807, 2.05) is 0 Å². The SMILES string of the molecule is CC(C)CN(C1CC1)C1CCCCCC1N. The third-order valence-electron chi connectivity index (χ3n) is 4.05. The van der Waals surface area contributed by atoms with Gasteiger partial charge in [-0.1, -0.05) is 33.1 Å². The Morgan fingerprint density at radius 1 is 1.06 bits per heavy atom. The second kappa shape index (κ2) is 5.50. The van der Waals surface area contributed by atoms with Crippen molar-refractivity contribution in [1.29, 1.82) is 0 Å². The number of hydrogen-bond acceptors (Lipinski definition) is 2. The van der Waals surface area contributed by atoms with Gasteiger partial charge in [0, 0.05) is 24.7 Å². The summed E-state index contributed by atoms with van der Waals surface area (Å²) in [5.41, 5.74) is 6.38. The standard InChI is InChI=1S/C14H28N2/c1-11(2)10-16(12-8-9-12)14-7-5-3-4-6-13(14)15/h11-14H,3-10,15H2,1-2H3. The first-order valence-electron chi connectivity index (χ1n) is 7.20. The van der Waals surface area contributed by atoms with Crippen LogP contribution in [0.15, 0.2) is 0 Å². The van der Waals surface area contributed by atoms with E-state index < -0.39 is 0 Å². The monoisotopic (exact) mass is 224 g/mol. The van der Waals surface area contributed by atoms with Gasteiger partial charge in [0.15, 0.2) is 0 Å². The summed E-state index contributed by atoms with van der Waals surface area (Å²) in [5, 5.41) is 0. The van der Waals surface area contributed by atoms with Gasteiger partial charge in [0.1, 0.15) is 0 Å². The Balaban J connectivity index is 1.98. The summed E-state index contributed by atoms with van der Waals surface area (Å²) in [5.74, 6) is 0.774. The molecule has 0 radical (unpaired) electrons. The second-order valence-electron chi connectivity index (χ2n) is 6.19. The van der Waals surface area contributed by atoms with E-state index in [1.165, 1.54) is 51.5 Å². The van der Waals surface area contributed by atoms with E-state index in [2.05, 4.69) is 18.7 Å². The molecule has 2 heteroatoms. The first kappa shape index (κ1) is 12.4. The lowest BCUT2D eigenvalue weighted by Gasteiger charge is -2.36. The molecule has 2 aliphatic rings. The number of nitrogens with zero attached hydrogens (tertiary/aromatic N) is 1. The highest BCUT2D eigenvalue weighted by Gasteiger charge is 2.36. The van der Waals surface area contributed by atoms with Crippen molar-refractivity contribution >= 4 is 0 Å². The Morgan fingerprint density at radius 2 is 1.75 bits per heavy atom. The van der Waals surface area contributed by atoms with Gasteiger partial charge >= 0.3 is 0 Å². The number of nitrogens with two attached hydrogens (primary N) is 1. The van der Waals surface area contributed by atoms with E-state index in [9.17, 15) is 0 Å². The van der Waals surface area contributed by atoms with Gasteiger partial charge in [-0.25, -0.2) is 0 Å². The molecule has 94 valence electrons. The van der Waals surface area contributed by atoms with E-state index in [-0.39, 0.29) is 0 Å². The molecule has 0 amide bonds. The maximum Gasteiger partial charge on any atom is 0.0250 e. The molecule has 2 N–H and O–H groups in total. The zero-order valence-corrected chi connectivity index (χ0v) is 11.0. The quantitative estimate of drug-likeness (QED) is 0.744. The third kappa shape index (κ3) is 3.21. The van der Waals surface area contributed by atoms with Crippen molar-refractivity contribution in [2.75, 3.05) is 6.54 Å². The molecule has 0 spiro atoms. The van der Waals surface area contributed by atoms with Crippen LogP contribution in [0.4, 0.5) is 0 Å². The van der Waals surface area contributed by atoms with Crippen LogP contribution < -0.4 is 5.73 Å². The first-order valence-corrected chi connectivity index (χ1v) is 7.20. The van der Waals surface area contributed by atoms with Gasteiger partial charge in [-0.3, -0.25) is 4.90 Å². The van der Waals surface area contributed by atoms with Crippen molar-refractivity contribution in [1.82, 2.24) is 4.90 Å². The van der Waals surface area contributed by atoms with Gasteiger partial charge in [-0.2, -0.15) is 0 Å². The highest BCUT2D eigenvalue weighted by Crippen LogP contribution is 2.33. The molecule has 16 heavy (non-hydrogen) atoms. The predicted molar refractivity (Wildman–Crippen MR) is 69.4 cm³/mol. The maximum absolute atomic E-state index is 6.38. The van der Waals surface area contributed by atoms with E-state index in [4.69, 9.17) is 5.73 Å². The topological polar surface area (TPSA) is 29.3 Å². The molecule has 2 aliphatic carbocycles. The average Bonchev–Trinajstić information content (AvgIpc) is 3.01. The lowest BCUT2D eigenvalue weighted by Crippen LogP contribution is -2.49. The Hall–Kier alpha value is -0.0800. The molecule has 0 heterocycles. The second-order valence-corrected chi connectivity index (χ2v) is 6.19. The van der Waals surface area contributed by atoms with Crippen LogP contribution in [0.2, 0.25) is 0 Å². The molecule has 0 aromatic carbocycles. The minimum Gasteiger partial charge on any atom is -0.326 e. The van der Waals surface area contributed by atoms with Crippen molar-refractivity contribution in [3.8, 4) is 0 Å². The summed E-state index contributed by atoms with van der Waals surface area (Å²) >= 11 is 0. The summed E-state index contributed by atoms with van der Waals surface area (Å²) in [4.78, 5) is 2.75. The fourth-order valence-corrected chi connectivity index (χ4v) is 3.11. The summed E-state index contributed by atoms with van der Waals surface area (Å²) in [6.45, 7) is 5.91. The molecule has 2 fully saturated rings. The minimum absolute atomic E-state index is 0.432. The Bertz CT molecular complexity index is 211. The first-order chi connectivity index (χ1) is 7.68. The number of hydrogen-bond donors (Lipinski definition) is 1. The van der Waals surface area contributed by atoms with Crippen LogP contribution in [-0.2, 0) is 0 Å². The van der Waals surface area contributed by atoms with Crippen LogP contribution in [0, 0.1) is 5.92 Å². The fraction of sp³-hybridized carbons (Fsp3) is 1.00. The van der Waals surface area contributed by atoms with E-state index in [0.717, 1.165) is 12.0 Å². The summed E-state index contributed by atoms with van der Waals surface area (Å²) in [7, 11) is 0. The molecule has 0 aromatic rings. The van der Waals surface area contributed by atoms with Crippen molar-refractivity contribution in [2.45, 2.75) is 76.9 Å². The van der Waals surface area contributed by atoms with Crippen LogP contribution in [0.1, 0.15) is 58.8 Å². The molecule has 0 saturated heterocycles. The fourth-order valence-electron chi connectivity index (χ4n) is 3.11. The van der Waals surface area contributed by atoms with Crippen LogP contribution in [0.25, 0.3) is 0 Å². The molecule has 2 rings (SSSR count). The Labute approximate surface area is 101 Å². The van der Waals surface area contributed by atoms with Crippen LogP contribution >= 0.6 is 0 Å². The molecule has 2 nitrogen and oxygen atoms in total. The van der Waals surface area contributed by atoms with E-state index in [1.54, 1.807) is 0 Å². The van der Waals surface area contributed by atoms with Gasteiger partial charge in [-0.15, -0.1) is 0 Å². The van der Waals surface area contributed by atoms with Gasteiger partial charge < -0.3 is 5.73 Å². The molecular weight excluding hydrogens is 196 g/mol. The van der Waals surface area contributed by atoms with Crippen molar-refractivity contribution < 1.29 is 0 Å². The summed E-state index contributed by atoms with van der Waals surface area (Å²) in [6.07, 6.45) is 9.53. The largest absolute Gasteiger partial charge is 0.326 e. The smallest absolute Gasteiger partial charge is 0.0250 e. The molecule has 2 unspecified atom stereocenters. The lowest BCUT2D eigenvalue weighted by molar-refractivity contribution is 0.136. The van der Waals surface area contributed by atoms with Crippen molar-refractivity contribution in [3.63, 3.8) is 0 Å². The summed E-state index contributed by atoms with van der Waals surface area (Å²) in [6, 6.07) is 1.98.